The first-order chi connectivity index (χ1) is 12.3. The molecule has 144 valence electrons. The molecule has 1 aliphatic heterocycles. The van der Waals surface area contributed by atoms with Crippen LogP contribution in [0, 0.1) is 5.92 Å². The largest absolute Gasteiger partial charge is 0.476 e. The Morgan fingerprint density at radius 2 is 2.23 bits per heavy atom. The van der Waals surface area contributed by atoms with Gasteiger partial charge in [-0.1, -0.05) is 6.92 Å². The Hall–Kier alpha value is -1.78. The molecule has 2 aromatic heterocycles. The number of ether oxygens (including phenoxy) is 2. The monoisotopic (exact) mass is 386 g/mol. The fraction of sp³-hybridized carbons (Fsp3) is 0.643. The fourth-order valence-corrected chi connectivity index (χ4v) is 3.41. The summed E-state index contributed by atoms with van der Waals surface area (Å²) in [6, 6.07) is 0. The van der Waals surface area contributed by atoms with Crippen LogP contribution in [0.3, 0.4) is 0 Å². The Morgan fingerprint density at radius 1 is 1.46 bits per heavy atom. The minimum Gasteiger partial charge on any atom is -0.476 e. The second-order valence-electron chi connectivity index (χ2n) is 6.02. The smallest absolute Gasteiger partial charge is 0.402 e. The molecule has 12 heteroatoms. The van der Waals surface area contributed by atoms with Crippen LogP contribution in [0.1, 0.15) is 26.5 Å². The number of anilines is 1. The molecule has 0 bridgehead atoms. The van der Waals surface area contributed by atoms with Crippen LogP contribution in [0.2, 0.25) is 0 Å². The zero-order valence-electron chi connectivity index (χ0n) is 14.9. The van der Waals surface area contributed by atoms with E-state index in [2.05, 4.69) is 19.5 Å². The Labute approximate surface area is 150 Å². The third-order valence-electron chi connectivity index (χ3n) is 4.11. The van der Waals surface area contributed by atoms with E-state index in [4.69, 9.17) is 25.2 Å². The van der Waals surface area contributed by atoms with Gasteiger partial charge in [0.25, 0.3) is 0 Å². The molecule has 0 aromatic carbocycles. The first kappa shape index (κ1) is 19.0. The van der Waals surface area contributed by atoms with Gasteiger partial charge in [-0.2, -0.15) is 9.97 Å². The number of fused-ring (bicyclic) bond motifs is 1. The van der Waals surface area contributed by atoms with E-state index in [1.165, 1.54) is 7.11 Å². The molecular weight excluding hydrogens is 363 g/mol. The quantitative estimate of drug-likeness (QED) is 0.669. The fourth-order valence-electron chi connectivity index (χ4n) is 2.93. The second-order valence-corrected chi connectivity index (χ2v) is 7.73. The molecular formula is C14H23N6O5P. The zero-order chi connectivity index (χ0) is 18.9. The number of nitrogens with two attached hydrogens (primary N) is 2. The van der Waals surface area contributed by atoms with Gasteiger partial charge in [0.1, 0.15) is 6.23 Å². The molecule has 0 radical (unpaired) electrons. The molecule has 0 amide bonds. The third-order valence-corrected chi connectivity index (χ3v) is 5.13. The normalized spacial score (nSPS) is 25.5. The minimum atomic E-state index is -3.54. The van der Waals surface area contributed by atoms with Gasteiger partial charge in [-0.15, -0.1) is 0 Å². The summed E-state index contributed by atoms with van der Waals surface area (Å²) in [4.78, 5) is 12.7. The summed E-state index contributed by atoms with van der Waals surface area (Å²) in [7, 11) is -2.30. The van der Waals surface area contributed by atoms with Gasteiger partial charge in [0.2, 0.25) is 11.8 Å². The second kappa shape index (κ2) is 7.45. The molecule has 1 saturated heterocycles. The van der Waals surface area contributed by atoms with Crippen LogP contribution in [0.25, 0.3) is 11.2 Å². The summed E-state index contributed by atoms with van der Waals surface area (Å²) < 4.78 is 34.7. The lowest BCUT2D eigenvalue weighted by Gasteiger charge is -2.18. The average molecular weight is 386 g/mol. The van der Waals surface area contributed by atoms with Gasteiger partial charge in [-0.05, 0) is 13.3 Å². The van der Waals surface area contributed by atoms with Gasteiger partial charge in [0, 0.05) is 13.0 Å². The number of aromatic nitrogens is 4. The van der Waals surface area contributed by atoms with Crippen LogP contribution in [0.15, 0.2) is 6.33 Å². The Kier molecular flexibility index (Phi) is 5.44. The van der Waals surface area contributed by atoms with Crippen molar-refractivity contribution in [2.45, 2.75) is 32.6 Å². The summed E-state index contributed by atoms with van der Waals surface area (Å²) in [5.74, 6) is 0.563. The van der Waals surface area contributed by atoms with E-state index in [1.807, 2.05) is 13.8 Å². The summed E-state index contributed by atoms with van der Waals surface area (Å²) in [5.41, 5.74) is 12.2. The van der Waals surface area contributed by atoms with Crippen molar-refractivity contribution in [1.82, 2.24) is 19.5 Å². The van der Waals surface area contributed by atoms with E-state index in [0.29, 0.717) is 30.1 Å². The van der Waals surface area contributed by atoms with Gasteiger partial charge < -0.3 is 19.7 Å². The van der Waals surface area contributed by atoms with Gasteiger partial charge in [0.15, 0.2) is 11.2 Å². The summed E-state index contributed by atoms with van der Waals surface area (Å²) in [6.07, 6.45) is 1.68. The number of hydrogen-bond acceptors (Lipinski definition) is 9. The molecule has 2 unspecified atom stereocenters. The van der Waals surface area contributed by atoms with Crippen LogP contribution < -0.4 is 16.0 Å². The summed E-state index contributed by atoms with van der Waals surface area (Å²) >= 11 is 0. The molecule has 4 atom stereocenters. The Bertz CT molecular complexity index is 830. The lowest BCUT2D eigenvalue weighted by Crippen LogP contribution is -2.18. The summed E-state index contributed by atoms with van der Waals surface area (Å²) in [5, 5.41) is 0. The van der Waals surface area contributed by atoms with Crippen LogP contribution in [0.5, 0.6) is 5.88 Å². The molecule has 4 N–H and O–H groups in total. The van der Waals surface area contributed by atoms with Crippen molar-refractivity contribution in [3.8, 4) is 5.88 Å². The van der Waals surface area contributed by atoms with Crippen LogP contribution >= 0.6 is 7.75 Å². The zero-order valence-corrected chi connectivity index (χ0v) is 15.8. The maximum atomic E-state index is 11.7. The van der Waals surface area contributed by atoms with Crippen molar-refractivity contribution < 1.29 is 23.1 Å². The highest BCUT2D eigenvalue weighted by molar-refractivity contribution is 7.51. The maximum Gasteiger partial charge on any atom is 0.402 e. The van der Waals surface area contributed by atoms with E-state index in [9.17, 15) is 4.57 Å². The molecule has 0 aliphatic carbocycles. The summed E-state index contributed by atoms with van der Waals surface area (Å²) in [6.45, 7) is 4.39. The number of rotatable bonds is 7. The van der Waals surface area contributed by atoms with Crippen LogP contribution in [-0.2, 0) is 18.3 Å². The SMILES string of the molecule is CCOc1nc(N)nc2c1ncn2[C@@H]1O[C@H](COP(N)(=O)OC)CC1C. The first-order valence-electron chi connectivity index (χ1n) is 8.21. The lowest BCUT2D eigenvalue weighted by molar-refractivity contribution is -0.0269. The minimum absolute atomic E-state index is 0.0659. The third kappa shape index (κ3) is 3.81. The van der Waals surface area contributed by atoms with Crippen molar-refractivity contribution in [2.24, 2.45) is 11.4 Å². The standard InChI is InChI=1S/C14H23N6O5P/c1-4-23-12-10-11(18-14(15)19-12)20(7-17-10)13-8(2)5-9(25-13)6-24-26(16,21)22-3/h7-9,13H,4-6H2,1-3H3,(H2,16,21)(H2,15,18,19)/t8?,9-,13+,26?/m0/s1. The van der Waals surface area contributed by atoms with Gasteiger partial charge in [-0.25, -0.2) is 15.1 Å². The van der Waals surface area contributed by atoms with Crippen molar-refractivity contribution in [1.29, 1.82) is 0 Å². The number of nitrogens with zero attached hydrogens (tertiary/aromatic N) is 4. The molecule has 0 saturated carbocycles. The molecule has 1 fully saturated rings. The van der Waals surface area contributed by atoms with Crippen LogP contribution in [0.4, 0.5) is 5.95 Å². The van der Waals surface area contributed by atoms with Crippen LogP contribution in [-0.4, -0.2) is 45.9 Å². The Balaban J connectivity index is 1.82. The average Bonchev–Trinajstić information content (AvgIpc) is 3.16. The van der Waals surface area contributed by atoms with Gasteiger partial charge in [-0.3, -0.25) is 9.09 Å². The predicted molar refractivity (Wildman–Crippen MR) is 93.4 cm³/mol. The van der Waals surface area contributed by atoms with E-state index in [-0.39, 0.29) is 30.8 Å². The first-order valence-corrected chi connectivity index (χ1v) is 9.83. The van der Waals surface area contributed by atoms with Crippen molar-refractivity contribution in [3.05, 3.63) is 6.33 Å². The number of nitrogen functional groups attached to an aromatic ring is 1. The highest BCUT2D eigenvalue weighted by Gasteiger charge is 2.36. The topological polar surface area (TPSA) is 150 Å². The number of hydrogen-bond donors (Lipinski definition) is 2. The molecule has 3 rings (SSSR count). The van der Waals surface area contributed by atoms with E-state index >= 15 is 0 Å². The van der Waals surface area contributed by atoms with E-state index in [0.717, 1.165) is 0 Å². The number of imidazole rings is 1. The van der Waals surface area contributed by atoms with Gasteiger partial charge in [0.05, 0.1) is 25.6 Å². The van der Waals surface area contributed by atoms with Crippen molar-refractivity contribution >= 4 is 24.9 Å². The highest BCUT2D eigenvalue weighted by Crippen LogP contribution is 2.41. The Morgan fingerprint density at radius 3 is 2.92 bits per heavy atom. The molecule has 26 heavy (non-hydrogen) atoms. The van der Waals surface area contributed by atoms with E-state index in [1.54, 1.807) is 10.9 Å². The molecule has 2 aromatic rings. The predicted octanol–water partition coefficient (Wildman–Crippen LogP) is 1.46. The van der Waals surface area contributed by atoms with Crippen molar-refractivity contribution in [2.75, 3.05) is 26.1 Å². The highest BCUT2D eigenvalue weighted by atomic mass is 31.2. The molecule has 0 spiro atoms. The van der Waals surface area contributed by atoms with Crippen molar-refractivity contribution in [3.63, 3.8) is 0 Å². The molecule has 11 nitrogen and oxygen atoms in total. The van der Waals surface area contributed by atoms with E-state index < -0.39 is 7.75 Å². The molecule has 3 heterocycles. The maximum absolute atomic E-state index is 11.7. The van der Waals surface area contributed by atoms with Gasteiger partial charge >= 0.3 is 7.75 Å². The molecule has 1 aliphatic rings. The lowest BCUT2D eigenvalue weighted by atomic mass is 10.1.